The zero-order valence-corrected chi connectivity index (χ0v) is 10.8. The van der Waals surface area contributed by atoms with Gasteiger partial charge in [-0.05, 0) is 11.8 Å². The minimum absolute atomic E-state index is 0.0179. The maximum absolute atomic E-state index is 11.5. The second kappa shape index (κ2) is 7.28. The average Bonchev–Trinajstić information content (AvgIpc) is 2.19. The Morgan fingerprint density at radius 1 is 1.50 bits per heavy atom. The molecule has 94 valence electrons. The molecule has 0 fully saturated rings. The van der Waals surface area contributed by atoms with Gasteiger partial charge in [0.15, 0.2) is 0 Å². The number of urea groups is 1. The first-order valence-electron chi connectivity index (χ1n) is 5.56. The minimum atomic E-state index is -0.157. The molecule has 0 radical (unpaired) electrons. The SMILES string of the molecule is C=CCNC(=O)N[C@H](CCOC)C(C)(C)C. The van der Waals surface area contributed by atoms with Crippen LogP contribution in [0.2, 0.25) is 0 Å². The van der Waals surface area contributed by atoms with Crippen molar-refractivity contribution in [2.75, 3.05) is 20.3 Å². The number of ether oxygens (including phenoxy) is 1. The van der Waals surface area contributed by atoms with Gasteiger partial charge in [-0.15, -0.1) is 6.58 Å². The van der Waals surface area contributed by atoms with E-state index < -0.39 is 0 Å². The number of methoxy groups -OCH3 is 1. The molecule has 0 aromatic carbocycles. The van der Waals surface area contributed by atoms with Gasteiger partial charge in [-0.3, -0.25) is 0 Å². The van der Waals surface area contributed by atoms with Gasteiger partial charge in [-0.25, -0.2) is 4.79 Å². The van der Waals surface area contributed by atoms with Crippen LogP contribution in [-0.2, 0) is 4.74 Å². The van der Waals surface area contributed by atoms with Crippen LogP contribution in [0.25, 0.3) is 0 Å². The van der Waals surface area contributed by atoms with Gasteiger partial charge in [-0.1, -0.05) is 26.8 Å². The first kappa shape index (κ1) is 15.0. The van der Waals surface area contributed by atoms with Gasteiger partial charge in [0, 0.05) is 26.3 Å². The van der Waals surface area contributed by atoms with E-state index >= 15 is 0 Å². The number of rotatable bonds is 6. The smallest absolute Gasteiger partial charge is 0.315 e. The van der Waals surface area contributed by atoms with E-state index in [1.807, 2.05) is 0 Å². The number of nitrogens with one attached hydrogen (secondary N) is 2. The molecule has 0 saturated carbocycles. The molecule has 4 heteroatoms. The van der Waals surface area contributed by atoms with Gasteiger partial charge in [0.2, 0.25) is 0 Å². The van der Waals surface area contributed by atoms with Crippen LogP contribution in [0, 0.1) is 5.41 Å². The molecule has 0 heterocycles. The van der Waals surface area contributed by atoms with Crippen LogP contribution in [-0.4, -0.2) is 32.3 Å². The molecule has 0 aliphatic heterocycles. The number of carbonyl (C=O) groups is 1. The molecule has 2 amide bonds. The highest BCUT2D eigenvalue weighted by Gasteiger charge is 2.25. The lowest BCUT2D eigenvalue weighted by molar-refractivity contribution is 0.153. The molecule has 2 N–H and O–H groups in total. The lowest BCUT2D eigenvalue weighted by atomic mass is 9.85. The largest absolute Gasteiger partial charge is 0.385 e. The van der Waals surface area contributed by atoms with E-state index in [1.54, 1.807) is 13.2 Å². The molecular formula is C12H24N2O2. The first-order chi connectivity index (χ1) is 7.41. The second-order valence-corrected chi connectivity index (χ2v) is 4.84. The predicted octanol–water partition coefficient (Wildman–Crippen LogP) is 1.92. The summed E-state index contributed by atoms with van der Waals surface area (Å²) in [7, 11) is 1.66. The van der Waals surface area contributed by atoms with Crippen molar-refractivity contribution < 1.29 is 9.53 Å². The number of hydrogen-bond acceptors (Lipinski definition) is 2. The molecule has 1 atom stereocenters. The van der Waals surface area contributed by atoms with Gasteiger partial charge in [-0.2, -0.15) is 0 Å². The number of carbonyl (C=O) groups excluding carboxylic acids is 1. The Kier molecular flexibility index (Phi) is 6.81. The van der Waals surface area contributed by atoms with E-state index in [9.17, 15) is 4.79 Å². The quantitative estimate of drug-likeness (QED) is 0.682. The Morgan fingerprint density at radius 3 is 2.56 bits per heavy atom. The van der Waals surface area contributed by atoms with Gasteiger partial charge >= 0.3 is 6.03 Å². The summed E-state index contributed by atoms with van der Waals surface area (Å²) in [6, 6.07) is -0.0619. The molecule has 0 saturated heterocycles. The predicted molar refractivity (Wildman–Crippen MR) is 66.5 cm³/mol. The summed E-state index contributed by atoms with van der Waals surface area (Å²) in [6.07, 6.45) is 2.46. The Bertz CT molecular complexity index is 222. The van der Waals surface area contributed by atoms with E-state index in [-0.39, 0.29) is 17.5 Å². The Morgan fingerprint density at radius 2 is 2.12 bits per heavy atom. The fraction of sp³-hybridized carbons (Fsp3) is 0.750. The highest BCUT2D eigenvalue weighted by molar-refractivity contribution is 5.74. The van der Waals surface area contributed by atoms with Crippen molar-refractivity contribution in [3.05, 3.63) is 12.7 Å². The molecule has 0 aliphatic carbocycles. The maximum Gasteiger partial charge on any atom is 0.315 e. The summed E-state index contributed by atoms with van der Waals surface area (Å²) in [5.74, 6) is 0. The first-order valence-corrected chi connectivity index (χ1v) is 5.56. The molecule has 0 aromatic rings. The van der Waals surface area contributed by atoms with Crippen molar-refractivity contribution in [1.29, 1.82) is 0 Å². The van der Waals surface area contributed by atoms with Crippen molar-refractivity contribution in [2.24, 2.45) is 5.41 Å². The summed E-state index contributed by atoms with van der Waals surface area (Å²) in [4.78, 5) is 11.5. The monoisotopic (exact) mass is 228 g/mol. The fourth-order valence-electron chi connectivity index (χ4n) is 1.33. The zero-order chi connectivity index (χ0) is 12.6. The van der Waals surface area contributed by atoms with Gasteiger partial charge in [0.25, 0.3) is 0 Å². The lowest BCUT2D eigenvalue weighted by Gasteiger charge is -2.31. The van der Waals surface area contributed by atoms with Gasteiger partial charge in [0.1, 0.15) is 0 Å². The molecule has 0 rings (SSSR count). The van der Waals surface area contributed by atoms with Gasteiger partial charge in [0.05, 0.1) is 0 Å². The maximum atomic E-state index is 11.5. The summed E-state index contributed by atoms with van der Waals surface area (Å²) in [6.45, 7) is 11.0. The molecule has 0 aromatic heterocycles. The highest BCUT2D eigenvalue weighted by Crippen LogP contribution is 2.21. The second-order valence-electron chi connectivity index (χ2n) is 4.84. The van der Waals surface area contributed by atoms with Crippen LogP contribution in [0.4, 0.5) is 4.79 Å². The Labute approximate surface area is 98.4 Å². The average molecular weight is 228 g/mol. The third kappa shape index (κ3) is 6.45. The fourth-order valence-corrected chi connectivity index (χ4v) is 1.33. The topological polar surface area (TPSA) is 50.4 Å². The standard InChI is InChI=1S/C12H24N2O2/c1-6-8-13-11(15)14-10(7-9-16-5)12(2,3)4/h6,10H,1,7-9H2,2-5H3,(H2,13,14,15)/t10-/m1/s1. The molecule has 16 heavy (non-hydrogen) atoms. The summed E-state index contributed by atoms with van der Waals surface area (Å²) in [5, 5.41) is 5.65. The van der Waals surface area contributed by atoms with Crippen molar-refractivity contribution in [3.63, 3.8) is 0 Å². The lowest BCUT2D eigenvalue weighted by Crippen LogP contribution is -2.48. The van der Waals surface area contributed by atoms with E-state index in [0.717, 1.165) is 6.42 Å². The van der Waals surface area contributed by atoms with E-state index in [4.69, 9.17) is 4.74 Å². The Hall–Kier alpha value is -1.03. The summed E-state index contributed by atoms with van der Waals surface area (Å²) >= 11 is 0. The van der Waals surface area contributed by atoms with Crippen LogP contribution in [0.15, 0.2) is 12.7 Å². The van der Waals surface area contributed by atoms with Crippen molar-refractivity contribution >= 4 is 6.03 Å². The molecule has 4 nitrogen and oxygen atoms in total. The molecule has 0 unspecified atom stereocenters. The summed E-state index contributed by atoms with van der Waals surface area (Å²) in [5.41, 5.74) is 0.0179. The molecular weight excluding hydrogens is 204 g/mol. The normalized spacial score (nSPS) is 13.0. The van der Waals surface area contributed by atoms with E-state index in [0.29, 0.717) is 13.2 Å². The van der Waals surface area contributed by atoms with Crippen LogP contribution in [0.1, 0.15) is 27.2 Å². The zero-order valence-electron chi connectivity index (χ0n) is 10.8. The third-order valence-electron chi connectivity index (χ3n) is 2.37. The van der Waals surface area contributed by atoms with Crippen LogP contribution in [0.5, 0.6) is 0 Å². The number of hydrogen-bond donors (Lipinski definition) is 2. The molecule has 0 spiro atoms. The van der Waals surface area contributed by atoms with Crippen LogP contribution in [0.3, 0.4) is 0 Å². The summed E-state index contributed by atoms with van der Waals surface area (Å²) < 4.78 is 5.04. The van der Waals surface area contributed by atoms with E-state index in [2.05, 4.69) is 38.0 Å². The molecule has 0 aliphatic rings. The van der Waals surface area contributed by atoms with Crippen molar-refractivity contribution in [2.45, 2.75) is 33.2 Å². The molecule has 0 bridgehead atoms. The van der Waals surface area contributed by atoms with Crippen LogP contribution < -0.4 is 10.6 Å². The number of amides is 2. The highest BCUT2D eigenvalue weighted by atomic mass is 16.5. The Balaban J connectivity index is 4.20. The van der Waals surface area contributed by atoms with E-state index in [1.165, 1.54) is 0 Å². The van der Waals surface area contributed by atoms with Crippen molar-refractivity contribution in [1.82, 2.24) is 10.6 Å². The van der Waals surface area contributed by atoms with Crippen molar-refractivity contribution in [3.8, 4) is 0 Å². The van der Waals surface area contributed by atoms with Crippen LogP contribution >= 0.6 is 0 Å². The van der Waals surface area contributed by atoms with Gasteiger partial charge < -0.3 is 15.4 Å². The minimum Gasteiger partial charge on any atom is -0.385 e. The third-order valence-corrected chi connectivity index (χ3v) is 2.37.